The molecule has 0 saturated heterocycles. The van der Waals surface area contributed by atoms with E-state index >= 15 is 0 Å². The third-order valence-electron chi connectivity index (χ3n) is 5.92. The number of H-pyrrole nitrogens is 2. The van der Waals surface area contributed by atoms with Crippen molar-refractivity contribution in [1.82, 2.24) is 15.0 Å². The summed E-state index contributed by atoms with van der Waals surface area (Å²) in [6, 6.07) is 13.0. The fourth-order valence-electron chi connectivity index (χ4n) is 4.20. The lowest BCUT2D eigenvalue weighted by Gasteiger charge is -2.22. The third kappa shape index (κ3) is 4.42. The highest BCUT2D eigenvalue weighted by atomic mass is 35.5. The summed E-state index contributed by atoms with van der Waals surface area (Å²) in [7, 11) is 0. The van der Waals surface area contributed by atoms with Gasteiger partial charge in [0, 0.05) is 36.5 Å². The smallest absolute Gasteiger partial charge is 0.261 e. The molecule has 0 amide bonds. The van der Waals surface area contributed by atoms with E-state index < -0.39 is 6.10 Å². The maximum atomic E-state index is 12.8. The molecule has 5 rings (SSSR count). The summed E-state index contributed by atoms with van der Waals surface area (Å²) in [5.74, 6) is 0.462. The molecule has 1 atom stereocenters. The van der Waals surface area contributed by atoms with Crippen LogP contribution in [0.3, 0.4) is 0 Å². The molecule has 0 bridgehead atoms. The van der Waals surface area contributed by atoms with E-state index in [0.29, 0.717) is 27.7 Å². The van der Waals surface area contributed by atoms with Crippen LogP contribution in [0.15, 0.2) is 58.4 Å². The van der Waals surface area contributed by atoms with Crippen LogP contribution >= 0.6 is 11.6 Å². The van der Waals surface area contributed by atoms with E-state index in [1.54, 1.807) is 30.5 Å². The average Bonchev–Trinajstić information content (AvgIpc) is 3.27. The minimum Gasteiger partial charge on any atom is -0.387 e. The number of aryl methyl sites for hydroxylation is 1. The Hall–Kier alpha value is -3.62. The van der Waals surface area contributed by atoms with Crippen LogP contribution in [0, 0.1) is 6.92 Å². The number of nitrogens with zero attached hydrogens (tertiary/aromatic N) is 3. The summed E-state index contributed by atoms with van der Waals surface area (Å²) < 4.78 is 0. The van der Waals surface area contributed by atoms with Gasteiger partial charge in [0.25, 0.3) is 5.56 Å². The van der Waals surface area contributed by atoms with Crippen molar-refractivity contribution in [2.45, 2.75) is 19.4 Å². The van der Waals surface area contributed by atoms with Crippen LogP contribution in [0.4, 0.5) is 11.4 Å². The maximum absolute atomic E-state index is 12.8. The average molecular weight is 477 g/mol. The molecule has 0 fully saturated rings. The van der Waals surface area contributed by atoms with Gasteiger partial charge in [-0.15, -0.1) is 0 Å². The number of aromatic nitrogens is 3. The Bertz CT molecular complexity index is 1430. The molecule has 0 unspecified atom stereocenters. The van der Waals surface area contributed by atoms with Gasteiger partial charge < -0.3 is 25.3 Å². The molecule has 4 aromatic rings. The van der Waals surface area contributed by atoms with Gasteiger partial charge in [0.15, 0.2) is 0 Å². The fourth-order valence-corrected chi connectivity index (χ4v) is 4.40. The molecule has 3 heterocycles. The van der Waals surface area contributed by atoms with Crippen molar-refractivity contribution in [3.05, 3.63) is 75.2 Å². The summed E-state index contributed by atoms with van der Waals surface area (Å²) in [4.78, 5) is 30.1. The molecule has 1 aliphatic heterocycles. The minimum absolute atomic E-state index is 0.203. The van der Waals surface area contributed by atoms with Gasteiger partial charge in [0.1, 0.15) is 11.4 Å². The molecule has 0 radical (unpaired) electrons. The quantitative estimate of drug-likeness (QED) is 0.332. The molecule has 2 aromatic heterocycles. The van der Waals surface area contributed by atoms with Crippen LogP contribution < -0.4 is 15.8 Å². The number of fused-ring (bicyclic) bond motifs is 1. The predicted octanol–water partition coefficient (Wildman–Crippen LogP) is 4.26. The van der Waals surface area contributed by atoms with E-state index in [0.717, 1.165) is 41.8 Å². The number of hydrogen-bond acceptors (Lipinski definition) is 6. The topological polar surface area (TPSA) is 109 Å². The molecule has 1 aliphatic rings. The highest BCUT2D eigenvalue weighted by Gasteiger charge is 2.18. The number of hydrogen-bond donors (Lipinski definition) is 4. The van der Waals surface area contributed by atoms with Crippen LogP contribution in [0.1, 0.15) is 23.7 Å². The lowest BCUT2D eigenvalue weighted by atomic mass is 10.1. The molecular weight excluding hydrogens is 452 g/mol. The molecule has 8 nitrogen and oxygen atoms in total. The number of anilines is 2. The Balaban J connectivity index is 1.47. The van der Waals surface area contributed by atoms with Crippen molar-refractivity contribution in [2.24, 2.45) is 4.99 Å². The van der Waals surface area contributed by atoms with E-state index in [4.69, 9.17) is 16.6 Å². The summed E-state index contributed by atoms with van der Waals surface area (Å²) in [6.45, 7) is 3.98. The molecule has 4 N–H and O–H groups in total. The second kappa shape index (κ2) is 9.32. The third-order valence-corrected chi connectivity index (χ3v) is 6.15. The number of benzene rings is 2. The van der Waals surface area contributed by atoms with E-state index in [1.807, 2.05) is 25.4 Å². The van der Waals surface area contributed by atoms with Crippen molar-refractivity contribution in [2.75, 3.05) is 29.9 Å². The van der Waals surface area contributed by atoms with Crippen molar-refractivity contribution >= 4 is 40.3 Å². The van der Waals surface area contributed by atoms with Gasteiger partial charge in [-0.05, 0) is 54.8 Å². The van der Waals surface area contributed by atoms with Crippen LogP contribution in [-0.2, 0) is 0 Å². The number of aliphatic imine (C=N–C) groups is 1. The monoisotopic (exact) mass is 476 g/mol. The largest absolute Gasteiger partial charge is 0.387 e. The first-order chi connectivity index (χ1) is 16.5. The van der Waals surface area contributed by atoms with Gasteiger partial charge in [0.2, 0.25) is 0 Å². The molecular formula is C25H25ClN6O2. The molecule has 174 valence electrons. The first-order valence-corrected chi connectivity index (χ1v) is 11.5. The van der Waals surface area contributed by atoms with Crippen molar-refractivity contribution in [3.8, 4) is 11.4 Å². The number of aliphatic hydroxyl groups is 1. The van der Waals surface area contributed by atoms with Crippen LogP contribution in [-0.4, -0.2) is 46.0 Å². The summed E-state index contributed by atoms with van der Waals surface area (Å²) in [5, 5.41) is 14.3. The normalized spacial score (nSPS) is 14.5. The maximum Gasteiger partial charge on any atom is 0.261 e. The van der Waals surface area contributed by atoms with E-state index in [1.165, 1.54) is 0 Å². The number of nitrogens with one attached hydrogen (secondary N) is 3. The SMILES string of the molecule is Cc1cc(N2C=NCCC2)cc2[nH]c(-c3c(NC[C@H](O)c4cccc(Cl)c4)cc[nH]c3=O)nc12. The summed E-state index contributed by atoms with van der Waals surface area (Å²) in [5.41, 5.74) is 5.07. The molecule has 9 heteroatoms. The highest BCUT2D eigenvalue weighted by Crippen LogP contribution is 2.29. The van der Waals surface area contributed by atoms with Gasteiger partial charge in [-0.25, -0.2) is 4.98 Å². The highest BCUT2D eigenvalue weighted by molar-refractivity contribution is 6.30. The Morgan fingerprint density at radius 1 is 1.26 bits per heavy atom. The second-order valence-corrected chi connectivity index (χ2v) is 8.80. The first kappa shape index (κ1) is 22.2. The van der Waals surface area contributed by atoms with Gasteiger partial charge in [0.05, 0.1) is 29.2 Å². The van der Waals surface area contributed by atoms with Crippen LogP contribution in [0.25, 0.3) is 22.4 Å². The van der Waals surface area contributed by atoms with Crippen LogP contribution in [0.5, 0.6) is 0 Å². The van der Waals surface area contributed by atoms with Gasteiger partial charge in [-0.3, -0.25) is 9.79 Å². The van der Waals surface area contributed by atoms with E-state index in [2.05, 4.69) is 31.2 Å². The second-order valence-electron chi connectivity index (χ2n) is 8.36. The first-order valence-electron chi connectivity index (χ1n) is 11.2. The molecule has 34 heavy (non-hydrogen) atoms. The van der Waals surface area contributed by atoms with Gasteiger partial charge in [-0.2, -0.15) is 0 Å². The standard InChI is InChI=1S/C25H25ClN6O2/c1-15-10-18(32-9-3-7-27-14-32)12-20-23(15)31-24(30-20)22-19(6-8-28-25(22)34)29-13-21(33)16-4-2-5-17(26)11-16/h2,4-6,8,10-12,14,21,33H,3,7,9,13H2,1H3,(H,30,31)(H2,28,29,34)/t21-/m0/s1. The summed E-state index contributed by atoms with van der Waals surface area (Å²) in [6.07, 6.45) is 3.66. The molecule has 0 saturated carbocycles. The number of aliphatic hydroxyl groups excluding tert-OH is 1. The number of rotatable bonds is 6. The number of aromatic amines is 2. The lowest BCUT2D eigenvalue weighted by molar-refractivity contribution is 0.191. The Labute approximate surface area is 201 Å². The Kier molecular flexibility index (Phi) is 6.08. The molecule has 2 aromatic carbocycles. The number of pyridine rings is 1. The van der Waals surface area contributed by atoms with E-state index in [9.17, 15) is 9.90 Å². The fraction of sp³-hybridized carbons (Fsp3) is 0.240. The number of imidazole rings is 1. The molecule has 0 spiro atoms. The molecule has 0 aliphatic carbocycles. The van der Waals surface area contributed by atoms with Crippen LogP contribution in [0.2, 0.25) is 5.02 Å². The van der Waals surface area contributed by atoms with E-state index in [-0.39, 0.29) is 12.1 Å². The van der Waals surface area contributed by atoms with Gasteiger partial charge in [-0.1, -0.05) is 23.7 Å². The Morgan fingerprint density at radius 2 is 2.15 bits per heavy atom. The zero-order chi connectivity index (χ0) is 23.7. The summed E-state index contributed by atoms with van der Waals surface area (Å²) >= 11 is 6.04. The lowest BCUT2D eigenvalue weighted by Crippen LogP contribution is -2.26. The zero-order valence-electron chi connectivity index (χ0n) is 18.7. The van der Waals surface area contributed by atoms with Crippen molar-refractivity contribution in [3.63, 3.8) is 0 Å². The van der Waals surface area contributed by atoms with Gasteiger partial charge >= 0.3 is 0 Å². The van der Waals surface area contributed by atoms with Crippen molar-refractivity contribution in [1.29, 1.82) is 0 Å². The zero-order valence-corrected chi connectivity index (χ0v) is 19.4. The predicted molar refractivity (Wildman–Crippen MR) is 137 cm³/mol. The van der Waals surface area contributed by atoms with Crippen molar-refractivity contribution < 1.29 is 5.11 Å². The Morgan fingerprint density at radius 3 is 2.94 bits per heavy atom. The minimum atomic E-state index is -0.794. The number of halogens is 1.